The molecule has 0 saturated carbocycles. The van der Waals surface area contributed by atoms with E-state index in [1.165, 1.54) is 4.31 Å². The fourth-order valence-corrected chi connectivity index (χ4v) is 4.54. The number of fused-ring (bicyclic) bond motifs is 1. The summed E-state index contributed by atoms with van der Waals surface area (Å²) in [6, 6.07) is 7.35. The molecular weight excluding hydrogens is 330 g/mol. The van der Waals surface area contributed by atoms with Crippen molar-refractivity contribution in [3.05, 3.63) is 35.4 Å². The molecule has 0 unspecified atom stereocenters. The lowest BCUT2D eigenvalue weighted by Crippen LogP contribution is -2.31. The minimum Gasteiger partial charge on any atom is -0.478 e. The molecule has 1 aromatic carbocycles. The quantitative estimate of drug-likeness (QED) is 0.852. The number of para-hydroxylation sites is 1. The molecule has 1 aromatic heterocycles. The second kappa shape index (κ2) is 6.37. The second-order valence-corrected chi connectivity index (χ2v) is 7.87. The molecule has 0 aliphatic carbocycles. The number of aromatic carboxylic acids is 1. The smallest absolute Gasteiger partial charge is 0.339 e. The zero-order chi connectivity index (χ0) is 17.3. The number of nitrogens with zero attached hydrogens (tertiary/aromatic N) is 2. The molecule has 0 amide bonds. The van der Waals surface area contributed by atoms with Gasteiger partial charge in [-0.15, -0.1) is 0 Å². The molecule has 24 heavy (non-hydrogen) atoms. The summed E-state index contributed by atoms with van der Waals surface area (Å²) in [5, 5.41) is 13.3. The van der Waals surface area contributed by atoms with Gasteiger partial charge in [-0.05, 0) is 25.0 Å². The maximum absolute atomic E-state index is 11.8. The lowest BCUT2D eigenvalue weighted by Gasteiger charge is -2.17. The highest BCUT2D eigenvalue weighted by atomic mass is 32.2. The van der Waals surface area contributed by atoms with E-state index in [0.29, 0.717) is 37.1 Å². The highest BCUT2D eigenvalue weighted by molar-refractivity contribution is 7.89. The van der Waals surface area contributed by atoms with Crippen LogP contribution < -0.4 is 5.32 Å². The van der Waals surface area contributed by atoms with Crippen LogP contribution in [0.15, 0.2) is 24.3 Å². The maximum atomic E-state index is 11.8. The van der Waals surface area contributed by atoms with Gasteiger partial charge in [-0.25, -0.2) is 22.5 Å². The van der Waals surface area contributed by atoms with Crippen LogP contribution in [-0.2, 0) is 10.0 Å². The lowest BCUT2D eigenvalue weighted by atomic mass is 10.0. The number of hydrogen-bond donors (Lipinski definition) is 2. The van der Waals surface area contributed by atoms with Crippen LogP contribution in [0.25, 0.3) is 10.9 Å². The van der Waals surface area contributed by atoms with Crippen molar-refractivity contribution in [2.75, 3.05) is 30.7 Å². The number of nitrogens with one attached hydrogen (secondary N) is 1. The molecule has 128 valence electrons. The average molecular weight is 349 g/mol. The van der Waals surface area contributed by atoms with E-state index in [1.54, 1.807) is 6.92 Å². The monoisotopic (exact) mass is 349 g/mol. The van der Waals surface area contributed by atoms with E-state index in [2.05, 4.69) is 10.3 Å². The van der Waals surface area contributed by atoms with Crippen molar-refractivity contribution in [1.29, 1.82) is 0 Å². The molecular formula is C16H19N3O4S. The summed E-state index contributed by atoms with van der Waals surface area (Å²) in [5.74, 6) is -0.599. The predicted molar refractivity (Wildman–Crippen MR) is 91.9 cm³/mol. The number of carboxylic acid groups (broad SMARTS) is 1. The highest BCUT2D eigenvalue weighted by Crippen LogP contribution is 2.26. The van der Waals surface area contributed by atoms with E-state index in [1.807, 2.05) is 24.3 Å². The van der Waals surface area contributed by atoms with E-state index in [4.69, 9.17) is 0 Å². The van der Waals surface area contributed by atoms with Gasteiger partial charge in [0, 0.05) is 25.0 Å². The Labute approximate surface area is 140 Å². The first-order valence-electron chi connectivity index (χ1n) is 7.74. The Bertz CT molecular complexity index is 896. The van der Waals surface area contributed by atoms with E-state index >= 15 is 0 Å². The molecule has 8 heteroatoms. The minimum absolute atomic E-state index is 0.123. The fraction of sp³-hybridized carbons (Fsp3) is 0.375. The Morgan fingerprint density at radius 3 is 2.79 bits per heavy atom. The first-order valence-corrected chi connectivity index (χ1v) is 9.35. The zero-order valence-corrected chi connectivity index (χ0v) is 14.1. The Kier molecular flexibility index (Phi) is 4.42. The van der Waals surface area contributed by atoms with Crippen LogP contribution in [-0.4, -0.2) is 54.2 Å². The lowest BCUT2D eigenvalue weighted by molar-refractivity contribution is 0.0697. The number of hydrogen-bond acceptors (Lipinski definition) is 5. The second-order valence-electron chi connectivity index (χ2n) is 5.78. The van der Waals surface area contributed by atoms with Crippen molar-refractivity contribution in [3.8, 4) is 0 Å². The third-order valence-electron chi connectivity index (χ3n) is 4.22. The summed E-state index contributed by atoms with van der Waals surface area (Å²) in [4.78, 5) is 16.0. The summed E-state index contributed by atoms with van der Waals surface area (Å²) in [6.45, 7) is 2.88. The number of carbonyl (C=O) groups is 1. The topological polar surface area (TPSA) is 99.6 Å². The number of aromatic nitrogens is 1. The van der Waals surface area contributed by atoms with Crippen LogP contribution in [0.2, 0.25) is 0 Å². The first-order chi connectivity index (χ1) is 11.4. The predicted octanol–water partition coefficient (Wildman–Crippen LogP) is 1.69. The van der Waals surface area contributed by atoms with Crippen molar-refractivity contribution in [1.82, 2.24) is 9.29 Å². The number of sulfonamides is 1. The third-order valence-corrected chi connectivity index (χ3v) is 6.18. The molecule has 1 aliphatic heterocycles. The van der Waals surface area contributed by atoms with Crippen LogP contribution in [0.5, 0.6) is 0 Å². The van der Waals surface area contributed by atoms with Crippen molar-refractivity contribution in [2.24, 2.45) is 0 Å². The van der Waals surface area contributed by atoms with Gasteiger partial charge in [-0.3, -0.25) is 0 Å². The van der Waals surface area contributed by atoms with Crippen molar-refractivity contribution in [2.45, 2.75) is 13.3 Å². The van der Waals surface area contributed by atoms with Gasteiger partial charge in [0.15, 0.2) is 0 Å². The van der Waals surface area contributed by atoms with Gasteiger partial charge in [0.25, 0.3) is 0 Å². The molecule has 1 aliphatic rings. The summed E-state index contributed by atoms with van der Waals surface area (Å²) < 4.78 is 25.0. The van der Waals surface area contributed by atoms with Crippen LogP contribution in [0.1, 0.15) is 22.3 Å². The van der Waals surface area contributed by atoms with Crippen LogP contribution in [0.3, 0.4) is 0 Å². The molecule has 0 spiro atoms. The first kappa shape index (κ1) is 16.7. The summed E-state index contributed by atoms with van der Waals surface area (Å²) in [7, 11) is -3.15. The average Bonchev–Trinajstić information content (AvgIpc) is 2.86. The molecule has 0 atom stereocenters. The Hall–Kier alpha value is -2.19. The van der Waals surface area contributed by atoms with Crippen molar-refractivity contribution >= 4 is 32.7 Å². The maximum Gasteiger partial charge on any atom is 0.339 e. The van der Waals surface area contributed by atoms with Crippen LogP contribution in [0, 0.1) is 6.92 Å². The number of pyridine rings is 1. The standard InChI is InChI=1S/C16H19N3O4S/c1-11-12-5-2-3-6-13(12)18-15(14(11)16(20)21)17-7-9-19-8-4-10-24(19,22)23/h2-3,5-6H,4,7-10H2,1H3,(H,17,18)(H,20,21). The number of aryl methyl sites for hydroxylation is 1. The molecule has 0 bridgehead atoms. The number of carboxylic acids is 1. The summed E-state index contributed by atoms with van der Waals surface area (Å²) in [6.07, 6.45) is 0.635. The molecule has 1 fully saturated rings. The van der Waals surface area contributed by atoms with Gasteiger partial charge in [-0.1, -0.05) is 18.2 Å². The van der Waals surface area contributed by atoms with E-state index in [9.17, 15) is 18.3 Å². The Morgan fingerprint density at radius 2 is 2.12 bits per heavy atom. The number of rotatable bonds is 5. The zero-order valence-electron chi connectivity index (χ0n) is 13.3. The molecule has 3 rings (SSSR count). The van der Waals surface area contributed by atoms with Gasteiger partial charge in [0.1, 0.15) is 11.4 Å². The molecule has 2 aromatic rings. The largest absolute Gasteiger partial charge is 0.478 e. The molecule has 7 nitrogen and oxygen atoms in total. The van der Waals surface area contributed by atoms with Gasteiger partial charge in [0.05, 0.1) is 11.3 Å². The summed E-state index contributed by atoms with van der Waals surface area (Å²) in [5.41, 5.74) is 1.47. The minimum atomic E-state index is -3.15. The van der Waals surface area contributed by atoms with Gasteiger partial charge >= 0.3 is 5.97 Å². The number of benzene rings is 1. The fourth-order valence-electron chi connectivity index (χ4n) is 3.01. The third kappa shape index (κ3) is 3.07. The van der Waals surface area contributed by atoms with E-state index < -0.39 is 16.0 Å². The van der Waals surface area contributed by atoms with E-state index in [-0.39, 0.29) is 17.1 Å². The van der Waals surface area contributed by atoms with E-state index in [0.717, 1.165) is 5.39 Å². The van der Waals surface area contributed by atoms with Gasteiger partial charge in [-0.2, -0.15) is 0 Å². The molecule has 1 saturated heterocycles. The molecule has 0 radical (unpaired) electrons. The SMILES string of the molecule is Cc1c(C(=O)O)c(NCCN2CCCS2(=O)=O)nc2ccccc12. The Balaban J connectivity index is 1.86. The molecule has 2 N–H and O–H groups in total. The van der Waals surface area contributed by atoms with Crippen molar-refractivity contribution < 1.29 is 18.3 Å². The van der Waals surface area contributed by atoms with Gasteiger partial charge < -0.3 is 10.4 Å². The van der Waals surface area contributed by atoms with Crippen LogP contribution in [0.4, 0.5) is 5.82 Å². The number of anilines is 1. The van der Waals surface area contributed by atoms with Crippen LogP contribution >= 0.6 is 0 Å². The Morgan fingerprint density at radius 1 is 1.38 bits per heavy atom. The van der Waals surface area contributed by atoms with Crippen molar-refractivity contribution in [3.63, 3.8) is 0 Å². The normalized spacial score (nSPS) is 17.2. The van der Waals surface area contributed by atoms with Gasteiger partial charge in [0.2, 0.25) is 10.0 Å². The highest BCUT2D eigenvalue weighted by Gasteiger charge is 2.27. The molecule has 2 heterocycles. The summed E-state index contributed by atoms with van der Waals surface area (Å²) >= 11 is 0.